The van der Waals surface area contributed by atoms with Crippen LogP contribution in [0, 0.1) is 19.7 Å². The summed E-state index contributed by atoms with van der Waals surface area (Å²) in [4.78, 5) is 0. The Balaban J connectivity index is 1.81. The Bertz CT molecular complexity index is 966. The first-order valence-corrected chi connectivity index (χ1v) is 10.9. The third-order valence-corrected chi connectivity index (χ3v) is 6.83. The van der Waals surface area contributed by atoms with Crippen molar-refractivity contribution in [3.8, 4) is 16.9 Å². The van der Waals surface area contributed by atoms with Crippen LogP contribution in [0.1, 0.15) is 51.9 Å². The van der Waals surface area contributed by atoms with E-state index in [9.17, 15) is 0 Å². The van der Waals surface area contributed by atoms with E-state index in [2.05, 4.69) is 5.10 Å². The third-order valence-electron chi connectivity index (χ3n) is 6.83. The maximum atomic E-state index is 16.0. The van der Waals surface area contributed by atoms with Crippen LogP contribution in [0.4, 0.5) is 4.39 Å². The quantitative estimate of drug-likeness (QED) is 0.693. The minimum absolute atomic E-state index is 0.0364. The van der Waals surface area contributed by atoms with Gasteiger partial charge in [0, 0.05) is 42.2 Å². The van der Waals surface area contributed by atoms with Crippen molar-refractivity contribution in [2.45, 2.75) is 71.7 Å². The second-order valence-corrected chi connectivity index (χ2v) is 9.56. The lowest BCUT2D eigenvalue weighted by atomic mass is 9.77. The van der Waals surface area contributed by atoms with Crippen LogP contribution in [-0.2, 0) is 21.1 Å². The lowest BCUT2D eigenvalue weighted by Gasteiger charge is -2.32. The van der Waals surface area contributed by atoms with Crippen LogP contribution >= 0.6 is 0 Å². The van der Waals surface area contributed by atoms with Crippen molar-refractivity contribution in [1.29, 1.82) is 0 Å². The van der Waals surface area contributed by atoms with E-state index in [0.717, 1.165) is 29.8 Å². The van der Waals surface area contributed by atoms with Crippen LogP contribution < -0.4 is 10.2 Å². The summed E-state index contributed by atoms with van der Waals surface area (Å²) in [6.45, 7) is 13.0. The summed E-state index contributed by atoms with van der Waals surface area (Å²) in [6, 6.07) is 3.49. The highest BCUT2D eigenvalue weighted by atomic mass is 19.1. The number of benzene rings is 1. The zero-order valence-corrected chi connectivity index (χ0v) is 19.5. The highest BCUT2D eigenvalue weighted by Crippen LogP contribution is 2.38. The molecule has 8 heteroatoms. The van der Waals surface area contributed by atoms with E-state index in [4.69, 9.17) is 18.8 Å². The molecule has 31 heavy (non-hydrogen) atoms. The Morgan fingerprint density at radius 3 is 2.26 bits per heavy atom. The third kappa shape index (κ3) is 4.01. The van der Waals surface area contributed by atoms with Crippen molar-refractivity contribution >= 4 is 12.6 Å². The highest BCUT2D eigenvalue weighted by Gasteiger charge is 2.52. The molecule has 6 nitrogen and oxygen atoms in total. The van der Waals surface area contributed by atoms with Gasteiger partial charge in [-0.1, -0.05) is 0 Å². The van der Waals surface area contributed by atoms with Gasteiger partial charge in [0.05, 0.1) is 30.1 Å². The molecule has 4 rings (SSSR count). The number of aryl methyl sites for hydroxylation is 2. The van der Waals surface area contributed by atoms with Gasteiger partial charge in [-0.05, 0) is 53.7 Å². The van der Waals surface area contributed by atoms with Crippen LogP contribution in [0.3, 0.4) is 0 Å². The van der Waals surface area contributed by atoms with Crippen molar-refractivity contribution in [1.82, 2.24) is 9.78 Å². The second kappa shape index (κ2) is 7.91. The fraction of sp³-hybridized carbons (Fsp3) is 0.609. The fourth-order valence-electron chi connectivity index (χ4n) is 4.16. The van der Waals surface area contributed by atoms with Crippen LogP contribution in [0.5, 0.6) is 5.75 Å². The fourth-order valence-corrected chi connectivity index (χ4v) is 4.16. The van der Waals surface area contributed by atoms with Crippen molar-refractivity contribution in [3.05, 3.63) is 29.3 Å². The molecule has 0 aliphatic carbocycles. The van der Waals surface area contributed by atoms with Crippen molar-refractivity contribution in [3.63, 3.8) is 0 Å². The number of rotatable bonds is 4. The van der Waals surface area contributed by atoms with Gasteiger partial charge in [0.2, 0.25) is 0 Å². The summed E-state index contributed by atoms with van der Waals surface area (Å²) >= 11 is 0. The van der Waals surface area contributed by atoms with Crippen molar-refractivity contribution in [2.24, 2.45) is 7.05 Å². The van der Waals surface area contributed by atoms with E-state index in [0.29, 0.717) is 30.0 Å². The number of ether oxygens (including phenoxy) is 2. The summed E-state index contributed by atoms with van der Waals surface area (Å²) < 4.78 is 41.8. The maximum absolute atomic E-state index is 16.0. The molecule has 1 aromatic carbocycles. The monoisotopic (exact) mass is 430 g/mol. The minimum Gasteiger partial charge on any atom is -0.490 e. The van der Waals surface area contributed by atoms with E-state index in [1.165, 1.54) is 0 Å². The van der Waals surface area contributed by atoms with Gasteiger partial charge in [-0.3, -0.25) is 4.68 Å². The van der Waals surface area contributed by atoms with E-state index in [1.54, 1.807) is 16.8 Å². The number of hydrogen-bond acceptors (Lipinski definition) is 5. The van der Waals surface area contributed by atoms with E-state index in [-0.39, 0.29) is 11.9 Å². The van der Waals surface area contributed by atoms with Gasteiger partial charge >= 0.3 is 7.12 Å². The standard InChI is InChI=1S/C23H32BFN2O4/c1-14-20(15(2)27(7)26-14)18-12-17(29-16-8-10-28-11-9-16)13-19(21(18)25)24-30-22(3,4)23(5,6)31-24/h12-13,16H,8-11H2,1-7H3. The normalized spacial score (nSPS) is 21.0. The zero-order valence-electron chi connectivity index (χ0n) is 19.5. The first-order valence-electron chi connectivity index (χ1n) is 10.9. The van der Waals surface area contributed by atoms with Gasteiger partial charge in [-0.2, -0.15) is 5.10 Å². The molecule has 2 aliphatic rings. The lowest BCUT2D eigenvalue weighted by molar-refractivity contribution is 0.00578. The Labute approximate surface area is 184 Å². The van der Waals surface area contributed by atoms with Gasteiger partial charge < -0.3 is 18.8 Å². The van der Waals surface area contributed by atoms with Gasteiger partial charge in [0.25, 0.3) is 0 Å². The summed E-state index contributed by atoms with van der Waals surface area (Å²) in [6.07, 6.45) is 1.65. The molecule has 2 aliphatic heterocycles. The minimum atomic E-state index is -0.820. The molecule has 2 aromatic rings. The molecule has 168 valence electrons. The number of hydrogen-bond donors (Lipinski definition) is 0. The molecule has 0 bridgehead atoms. The first-order chi connectivity index (χ1) is 14.5. The Kier molecular flexibility index (Phi) is 5.69. The first kappa shape index (κ1) is 22.3. The van der Waals surface area contributed by atoms with Crippen LogP contribution in [0.15, 0.2) is 12.1 Å². The predicted molar refractivity (Wildman–Crippen MR) is 118 cm³/mol. The van der Waals surface area contributed by atoms with Crippen LogP contribution in [-0.4, -0.2) is 47.4 Å². The summed E-state index contributed by atoms with van der Waals surface area (Å²) in [5.74, 6) is 0.243. The average Bonchev–Trinajstić information content (AvgIpc) is 3.07. The SMILES string of the molecule is Cc1nn(C)c(C)c1-c1cc(OC2CCOCC2)cc(B2OC(C)(C)C(C)(C)O2)c1F. The smallest absolute Gasteiger partial charge is 0.490 e. The molecule has 2 fully saturated rings. The molecule has 0 N–H and O–H groups in total. The van der Waals surface area contributed by atoms with Crippen molar-refractivity contribution in [2.75, 3.05) is 13.2 Å². The van der Waals surface area contributed by atoms with Gasteiger partial charge in [0.15, 0.2) is 0 Å². The summed E-state index contributed by atoms with van der Waals surface area (Å²) in [5.41, 5.74) is 2.10. The van der Waals surface area contributed by atoms with Crippen LogP contribution in [0.2, 0.25) is 0 Å². The zero-order chi connectivity index (χ0) is 22.6. The van der Waals surface area contributed by atoms with E-state index in [1.807, 2.05) is 48.6 Å². The molecular weight excluding hydrogens is 398 g/mol. The van der Waals surface area contributed by atoms with Crippen LogP contribution in [0.25, 0.3) is 11.1 Å². The highest BCUT2D eigenvalue weighted by molar-refractivity contribution is 6.62. The molecule has 3 heterocycles. The van der Waals surface area contributed by atoms with Gasteiger partial charge in [-0.25, -0.2) is 4.39 Å². The molecule has 0 spiro atoms. The maximum Gasteiger partial charge on any atom is 0.498 e. The summed E-state index contributed by atoms with van der Waals surface area (Å²) in [7, 11) is 1.04. The van der Waals surface area contributed by atoms with Gasteiger partial charge in [-0.15, -0.1) is 0 Å². The number of nitrogens with zero attached hydrogens (tertiary/aromatic N) is 2. The Hall–Kier alpha value is -1.90. The molecular formula is C23H32BFN2O4. The molecule has 1 aromatic heterocycles. The Morgan fingerprint density at radius 2 is 1.71 bits per heavy atom. The topological polar surface area (TPSA) is 54.7 Å². The predicted octanol–water partition coefficient (Wildman–Crippen LogP) is 3.70. The average molecular weight is 430 g/mol. The molecule has 0 atom stereocenters. The van der Waals surface area contributed by atoms with Gasteiger partial charge in [0.1, 0.15) is 17.7 Å². The molecule has 0 saturated carbocycles. The van der Waals surface area contributed by atoms with E-state index < -0.39 is 18.3 Å². The molecule has 0 amide bonds. The van der Waals surface area contributed by atoms with Crippen molar-refractivity contribution < 1.29 is 23.2 Å². The van der Waals surface area contributed by atoms with E-state index >= 15 is 4.39 Å². The second-order valence-electron chi connectivity index (χ2n) is 9.56. The largest absolute Gasteiger partial charge is 0.498 e. The Morgan fingerprint density at radius 1 is 1.10 bits per heavy atom. The molecule has 2 saturated heterocycles. The number of aromatic nitrogens is 2. The number of halogens is 1. The molecule has 0 unspecified atom stereocenters. The lowest BCUT2D eigenvalue weighted by Crippen LogP contribution is -2.41. The molecule has 0 radical (unpaired) electrons. The summed E-state index contributed by atoms with van der Waals surface area (Å²) in [5, 5.41) is 4.48.